The Morgan fingerprint density at radius 2 is 1.76 bits per heavy atom. The number of ether oxygens (including phenoxy) is 1. The lowest BCUT2D eigenvalue weighted by atomic mass is 9.78. The van der Waals surface area contributed by atoms with Crippen LogP contribution in [-0.4, -0.2) is 30.5 Å². The van der Waals surface area contributed by atoms with E-state index in [2.05, 4.69) is 0 Å². The van der Waals surface area contributed by atoms with Crippen LogP contribution in [0.25, 0.3) is 0 Å². The van der Waals surface area contributed by atoms with E-state index in [0.717, 1.165) is 6.07 Å². The van der Waals surface area contributed by atoms with Crippen molar-refractivity contribution < 1.29 is 23.5 Å². The van der Waals surface area contributed by atoms with Crippen LogP contribution in [0.4, 0.5) is 10.1 Å². The van der Waals surface area contributed by atoms with Crippen LogP contribution in [0.3, 0.4) is 0 Å². The highest BCUT2D eigenvalue weighted by Crippen LogP contribution is 2.37. The lowest BCUT2D eigenvalue weighted by Crippen LogP contribution is -2.41. The lowest BCUT2D eigenvalue weighted by molar-refractivity contribution is -0.0765. The molecule has 1 atom stereocenters. The largest absolute Gasteiger partial charge is 0.497 e. The summed E-state index contributed by atoms with van der Waals surface area (Å²) in [6, 6.07) is 2.55. The Kier molecular flexibility index (Phi) is 4.05. The molecule has 1 unspecified atom stereocenters. The first kappa shape index (κ1) is 16.2. The maximum atomic E-state index is 14.3. The fraction of sp³-hybridized carbons (Fsp3) is 0.571. The van der Waals surface area contributed by atoms with E-state index in [9.17, 15) is 9.50 Å². The number of anilines is 1. The predicted octanol–water partition coefficient (Wildman–Crippen LogP) is 1.34. The fourth-order valence-corrected chi connectivity index (χ4v) is 2.11. The number of hydrogen-bond donors (Lipinski definition) is 2. The maximum Gasteiger partial charge on any atom is 0.497 e. The second-order valence-corrected chi connectivity index (χ2v) is 6.18. The molecule has 0 aliphatic carbocycles. The van der Waals surface area contributed by atoms with E-state index in [4.69, 9.17) is 19.8 Å². The normalized spacial score (nSPS) is 21.6. The number of nitrogen functional groups attached to an aromatic ring is 1. The van der Waals surface area contributed by atoms with Crippen molar-refractivity contribution in [3.05, 3.63) is 23.5 Å². The first-order valence-electron chi connectivity index (χ1n) is 6.74. The van der Waals surface area contributed by atoms with Crippen molar-refractivity contribution in [3.8, 4) is 0 Å². The van der Waals surface area contributed by atoms with Gasteiger partial charge in [-0.05, 0) is 39.8 Å². The van der Waals surface area contributed by atoms with Gasteiger partial charge in [-0.25, -0.2) is 4.39 Å². The van der Waals surface area contributed by atoms with Crippen molar-refractivity contribution >= 4 is 18.3 Å². The second kappa shape index (κ2) is 5.24. The zero-order chi connectivity index (χ0) is 16.0. The van der Waals surface area contributed by atoms with Crippen LogP contribution in [-0.2, 0) is 14.0 Å². The highest BCUT2D eigenvalue weighted by molar-refractivity contribution is 6.62. The lowest BCUT2D eigenvalue weighted by Gasteiger charge is -2.32. The molecule has 1 fully saturated rings. The Labute approximate surface area is 124 Å². The quantitative estimate of drug-likeness (QED) is 0.500. The topological polar surface area (TPSA) is 73.9 Å². The van der Waals surface area contributed by atoms with E-state index in [1.165, 1.54) is 13.2 Å². The molecule has 0 spiro atoms. The Morgan fingerprint density at radius 1 is 1.24 bits per heavy atom. The molecule has 1 heterocycles. The van der Waals surface area contributed by atoms with Gasteiger partial charge >= 0.3 is 7.12 Å². The minimum Gasteiger partial charge on any atom is -0.399 e. The third kappa shape index (κ3) is 2.79. The zero-order valence-corrected chi connectivity index (χ0v) is 12.9. The van der Waals surface area contributed by atoms with Crippen molar-refractivity contribution in [1.29, 1.82) is 0 Å². The summed E-state index contributed by atoms with van der Waals surface area (Å²) in [5, 5.41) is 9.63. The maximum absolute atomic E-state index is 14.3. The molecule has 0 amide bonds. The summed E-state index contributed by atoms with van der Waals surface area (Å²) in [5.41, 5.74) is 5.32. The summed E-state index contributed by atoms with van der Waals surface area (Å²) >= 11 is 0. The molecule has 0 saturated carbocycles. The van der Waals surface area contributed by atoms with Gasteiger partial charge in [-0.2, -0.15) is 0 Å². The monoisotopic (exact) mass is 297 g/mol. The summed E-state index contributed by atoms with van der Waals surface area (Å²) in [6.45, 7) is 7.54. The number of benzene rings is 1. The number of methoxy groups -OCH3 is 1. The summed E-state index contributed by atoms with van der Waals surface area (Å²) in [5.74, 6) is -0.561. The van der Waals surface area contributed by atoms with E-state index in [-0.39, 0.29) is 16.7 Å². The standard InChI is InChI=1S/C14H21BFNO4/c1-13(2)14(3,4)21-15(20-13)9-7-11(17)8(6-10(9)16)12(18)19-5/h6-7,12,18H,17H2,1-5H3. The van der Waals surface area contributed by atoms with E-state index >= 15 is 0 Å². The Bertz CT molecular complexity index is 534. The van der Waals surface area contributed by atoms with Crippen molar-refractivity contribution in [3.63, 3.8) is 0 Å². The van der Waals surface area contributed by atoms with Crippen LogP contribution in [0.1, 0.15) is 39.5 Å². The Hall–Kier alpha value is -1.15. The number of halogens is 1. The van der Waals surface area contributed by atoms with Gasteiger partial charge in [0, 0.05) is 23.8 Å². The molecule has 1 aliphatic heterocycles. The molecule has 1 aromatic carbocycles. The summed E-state index contributed by atoms with van der Waals surface area (Å²) < 4.78 is 30.7. The van der Waals surface area contributed by atoms with Gasteiger partial charge in [0.2, 0.25) is 0 Å². The van der Waals surface area contributed by atoms with Crippen LogP contribution >= 0.6 is 0 Å². The summed E-state index contributed by atoms with van der Waals surface area (Å²) in [4.78, 5) is 0. The molecule has 1 aromatic rings. The molecule has 5 nitrogen and oxygen atoms in total. The molecule has 0 bridgehead atoms. The molecule has 3 N–H and O–H groups in total. The van der Waals surface area contributed by atoms with Gasteiger partial charge in [0.15, 0.2) is 6.29 Å². The third-order valence-electron chi connectivity index (χ3n) is 4.20. The van der Waals surface area contributed by atoms with E-state index < -0.39 is 30.4 Å². The van der Waals surface area contributed by atoms with Crippen molar-refractivity contribution in [2.75, 3.05) is 12.8 Å². The Balaban J connectivity index is 2.37. The molecule has 116 valence electrons. The summed E-state index contributed by atoms with van der Waals surface area (Å²) in [6.07, 6.45) is -1.27. The molecular weight excluding hydrogens is 276 g/mol. The average Bonchev–Trinajstić information content (AvgIpc) is 2.59. The van der Waals surface area contributed by atoms with E-state index in [1.54, 1.807) is 0 Å². The first-order chi connectivity index (χ1) is 9.59. The van der Waals surface area contributed by atoms with Crippen LogP contribution in [0, 0.1) is 5.82 Å². The molecule has 0 aromatic heterocycles. The van der Waals surface area contributed by atoms with Gasteiger partial charge in [0.25, 0.3) is 0 Å². The Morgan fingerprint density at radius 3 is 2.24 bits per heavy atom. The molecule has 7 heteroatoms. The third-order valence-corrected chi connectivity index (χ3v) is 4.20. The molecule has 1 aliphatic rings. The minimum absolute atomic E-state index is 0.176. The first-order valence-corrected chi connectivity index (χ1v) is 6.74. The zero-order valence-electron chi connectivity index (χ0n) is 12.9. The number of hydrogen-bond acceptors (Lipinski definition) is 5. The van der Waals surface area contributed by atoms with Gasteiger partial charge in [-0.1, -0.05) is 0 Å². The molecule has 2 rings (SSSR count). The van der Waals surface area contributed by atoms with Gasteiger partial charge in [0.1, 0.15) is 5.82 Å². The number of aliphatic hydroxyl groups excluding tert-OH is 1. The van der Waals surface area contributed by atoms with Crippen molar-refractivity contribution in [2.24, 2.45) is 0 Å². The smallest absolute Gasteiger partial charge is 0.399 e. The average molecular weight is 297 g/mol. The number of nitrogens with two attached hydrogens (primary N) is 1. The van der Waals surface area contributed by atoms with Gasteiger partial charge in [-0.3, -0.25) is 0 Å². The predicted molar refractivity (Wildman–Crippen MR) is 78.5 cm³/mol. The van der Waals surface area contributed by atoms with Crippen LogP contribution in [0.15, 0.2) is 12.1 Å². The van der Waals surface area contributed by atoms with Gasteiger partial charge in [-0.15, -0.1) is 0 Å². The fourth-order valence-electron chi connectivity index (χ4n) is 2.11. The molecule has 21 heavy (non-hydrogen) atoms. The highest BCUT2D eigenvalue weighted by Gasteiger charge is 2.52. The minimum atomic E-state index is -1.27. The summed E-state index contributed by atoms with van der Waals surface area (Å²) in [7, 11) is 0.468. The molecule has 1 saturated heterocycles. The molecule has 0 radical (unpaired) electrons. The van der Waals surface area contributed by atoms with Crippen LogP contribution in [0.5, 0.6) is 0 Å². The highest BCUT2D eigenvalue weighted by atomic mass is 19.1. The van der Waals surface area contributed by atoms with Gasteiger partial charge in [0.05, 0.1) is 11.2 Å². The van der Waals surface area contributed by atoms with E-state index in [1.807, 2.05) is 27.7 Å². The van der Waals surface area contributed by atoms with Crippen molar-refractivity contribution in [1.82, 2.24) is 0 Å². The number of aliphatic hydroxyl groups is 1. The number of rotatable bonds is 3. The van der Waals surface area contributed by atoms with Crippen LogP contribution < -0.4 is 11.2 Å². The van der Waals surface area contributed by atoms with E-state index in [0.29, 0.717) is 0 Å². The van der Waals surface area contributed by atoms with Gasteiger partial charge < -0.3 is 24.9 Å². The van der Waals surface area contributed by atoms with Crippen LogP contribution in [0.2, 0.25) is 0 Å². The second-order valence-electron chi connectivity index (χ2n) is 6.18. The SMILES string of the molecule is COC(O)c1cc(F)c(B2OC(C)(C)C(C)(C)O2)cc1N. The van der Waals surface area contributed by atoms with Crippen molar-refractivity contribution in [2.45, 2.75) is 45.2 Å². The molecular formula is C14H21BFNO4.